The van der Waals surface area contributed by atoms with E-state index in [1.165, 1.54) is 0 Å². The highest BCUT2D eigenvalue weighted by Gasteiger charge is 2.10. The lowest BCUT2D eigenvalue weighted by Gasteiger charge is -2.06. The topological polar surface area (TPSA) is 64.4 Å². The molecule has 0 saturated carbocycles. The maximum atomic E-state index is 12.3. The normalized spacial score (nSPS) is 10.7. The number of carbonyl (C=O) groups excluding carboxylic acids is 1. The molecular formula is C22H18N2O3. The summed E-state index contributed by atoms with van der Waals surface area (Å²) in [5.74, 6) is 1.23. The second kappa shape index (κ2) is 7.33. The molecule has 4 rings (SSSR count). The number of anilines is 1. The van der Waals surface area contributed by atoms with Crippen LogP contribution in [0.4, 0.5) is 5.69 Å². The highest BCUT2D eigenvalue weighted by atomic mass is 16.5. The van der Waals surface area contributed by atoms with Crippen molar-refractivity contribution >= 4 is 22.7 Å². The zero-order valence-corrected chi connectivity index (χ0v) is 14.8. The van der Waals surface area contributed by atoms with Crippen LogP contribution in [-0.2, 0) is 11.2 Å². The number of methoxy groups -OCH3 is 1. The fourth-order valence-corrected chi connectivity index (χ4v) is 2.84. The molecule has 4 aromatic rings. The van der Waals surface area contributed by atoms with Gasteiger partial charge in [-0.15, -0.1) is 0 Å². The molecule has 0 aliphatic heterocycles. The predicted octanol–water partition coefficient (Wildman–Crippen LogP) is 4.68. The Morgan fingerprint density at radius 3 is 2.56 bits per heavy atom. The van der Waals surface area contributed by atoms with Gasteiger partial charge in [0.25, 0.3) is 0 Å². The number of hydrogen-bond acceptors (Lipinski definition) is 4. The number of hydrogen-bond donors (Lipinski definition) is 1. The first-order valence-electron chi connectivity index (χ1n) is 8.60. The molecule has 1 amide bonds. The minimum atomic E-state index is -0.0951. The van der Waals surface area contributed by atoms with E-state index in [0.717, 1.165) is 22.4 Å². The monoisotopic (exact) mass is 358 g/mol. The highest BCUT2D eigenvalue weighted by molar-refractivity contribution is 5.94. The zero-order valence-electron chi connectivity index (χ0n) is 14.8. The van der Waals surface area contributed by atoms with Crippen LogP contribution in [0.15, 0.2) is 77.2 Å². The molecule has 134 valence electrons. The summed E-state index contributed by atoms with van der Waals surface area (Å²) in [4.78, 5) is 16.8. The Morgan fingerprint density at radius 1 is 1.04 bits per heavy atom. The van der Waals surface area contributed by atoms with Crippen molar-refractivity contribution in [1.82, 2.24) is 4.98 Å². The summed E-state index contributed by atoms with van der Waals surface area (Å²) in [5.41, 5.74) is 3.90. The molecule has 0 fully saturated rings. The fraction of sp³-hybridized carbons (Fsp3) is 0.0909. The van der Waals surface area contributed by atoms with Gasteiger partial charge in [0.1, 0.15) is 11.3 Å². The van der Waals surface area contributed by atoms with Crippen LogP contribution < -0.4 is 10.1 Å². The molecule has 1 aromatic heterocycles. The van der Waals surface area contributed by atoms with E-state index in [4.69, 9.17) is 9.15 Å². The second-order valence-corrected chi connectivity index (χ2v) is 6.14. The number of rotatable bonds is 5. The van der Waals surface area contributed by atoms with E-state index in [0.29, 0.717) is 17.2 Å². The molecular weight excluding hydrogens is 340 g/mol. The predicted molar refractivity (Wildman–Crippen MR) is 105 cm³/mol. The molecule has 1 heterocycles. The first kappa shape index (κ1) is 16.8. The molecule has 27 heavy (non-hydrogen) atoms. The van der Waals surface area contributed by atoms with E-state index in [1.54, 1.807) is 13.2 Å². The van der Waals surface area contributed by atoms with Gasteiger partial charge in [-0.25, -0.2) is 4.98 Å². The number of aromatic nitrogens is 1. The quantitative estimate of drug-likeness (QED) is 0.562. The van der Waals surface area contributed by atoms with Crippen LogP contribution in [0.1, 0.15) is 5.56 Å². The van der Waals surface area contributed by atoms with Crippen LogP contribution >= 0.6 is 0 Å². The average molecular weight is 358 g/mol. The van der Waals surface area contributed by atoms with Gasteiger partial charge in [-0.05, 0) is 42.0 Å². The van der Waals surface area contributed by atoms with E-state index in [2.05, 4.69) is 10.3 Å². The summed E-state index contributed by atoms with van der Waals surface area (Å²) in [7, 11) is 1.62. The van der Waals surface area contributed by atoms with Crippen LogP contribution in [0.5, 0.6) is 5.75 Å². The van der Waals surface area contributed by atoms with Crippen LogP contribution in [0, 0.1) is 0 Å². The van der Waals surface area contributed by atoms with E-state index < -0.39 is 0 Å². The van der Waals surface area contributed by atoms with E-state index >= 15 is 0 Å². The molecule has 1 N–H and O–H groups in total. The third-order valence-electron chi connectivity index (χ3n) is 4.22. The maximum Gasteiger partial charge on any atom is 0.228 e. The van der Waals surface area contributed by atoms with Crippen molar-refractivity contribution in [3.8, 4) is 17.2 Å². The molecule has 0 spiro atoms. The van der Waals surface area contributed by atoms with Crippen LogP contribution in [-0.4, -0.2) is 18.0 Å². The Bertz CT molecular complexity index is 1070. The minimum absolute atomic E-state index is 0.0951. The molecule has 0 unspecified atom stereocenters. The van der Waals surface area contributed by atoms with Gasteiger partial charge in [-0.2, -0.15) is 0 Å². The number of benzene rings is 3. The second-order valence-electron chi connectivity index (χ2n) is 6.14. The first-order chi connectivity index (χ1) is 13.2. The molecule has 0 atom stereocenters. The van der Waals surface area contributed by atoms with Crippen molar-refractivity contribution in [2.75, 3.05) is 12.4 Å². The number of nitrogens with one attached hydrogen (secondary N) is 1. The van der Waals surface area contributed by atoms with Crippen molar-refractivity contribution in [3.05, 3.63) is 78.4 Å². The smallest absolute Gasteiger partial charge is 0.228 e. The highest BCUT2D eigenvalue weighted by Crippen LogP contribution is 2.26. The molecule has 0 bridgehead atoms. The van der Waals surface area contributed by atoms with Gasteiger partial charge in [0, 0.05) is 17.3 Å². The number of ether oxygens (including phenoxy) is 1. The van der Waals surface area contributed by atoms with Crippen molar-refractivity contribution in [2.45, 2.75) is 6.42 Å². The van der Waals surface area contributed by atoms with Gasteiger partial charge in [0.05, 0.1) is 13.5 Å². The molecule has 0 radical (unpaired) electrons. The zero-order chi connectivity index (χ0) is 18.6. The number of oxazole rings is 1. The Hall–Kier alpha value is -3.60. The van der Waals surface area contributed by atoms with Crippen LogP contribution in [0.3, 0.4) is 0 Å². The Labute approximate surface area is 156 Å². The third kappa shape index (κ3) is 3.82. The van der Waals surface area contributed by atoms with Gasteiger partial charge in [-0.1, -0.05) is 30.3 Å². The molecule has 3 aromatic carbocycles. The largest absolute Gasteiger partial charge is 0.497 e. The van der Waals surface area contributed by atoms with Crippen molar-refractivity contribution in [2.24, 2.45) is 0 Å². The lowest BCUT2D eigenvalue weighted by atomic mass is 10.1. The van der Waals surface area contributed by atoms with Gasteiger partial charge < -0.3 is 14.5 Å². The summed E-state index contributed by atoms with van der Waals surface area (Å²) in [6.07, 6.45) is 0.285. The van der Waals surface area contributed by atoms with Gasteiger partial charge in [-0.3, -0.25) is 4.79 Å². The molecule has 0 aliphatic rings. The summed E-state index contributed by atoms with van der Waals surface area (Å²) in [6.45, 7) is 0. The third-order valence-corrected chi connectivity index (χ3v) is 4.22. The van der Waals surface area contributed by atoms with Gasteiger partial charge in [0.2, 0.25) is 11.8 Å². The molecule has 5 heteroatoms. The van der Waals surface area contributed by atoms with Crippen molar-refractivity contribution < 1.29 is 13.9 Å². The van der Waals surface area contributed by atoms with E-state index in [-0.39, 0.29) is 12.3 Å². The summed E-state index contributed by atoms with van der Waals surface area (Å²) >= 11 is 0. The summed E-state index contributed by atoms with van der Waals surface area (Å²) in [5, 5.41) is 2.90. The van der Waals surface area contributed by atoms with Gasteiger partial charge in [0.15, 0.2) is 5.58 Å². The fourth-order valence-electron chi connectivity index (χ4n) is 2.84. The number of nitrogens with zero attached hydrogens (tertiary/aromatic N) is 1. The van der Waals surface area contributed by atoms with Crippen molar-refractivity contribution in [3.63, 3.8) is 0 Å². The Kier molecular flexibility index (Phi) is 4.58. The van der Waals surface area contributed by atoms with Crippen molar-refractivity contribution in [1.29, 1.82) is 0 Å². The van der Waals surface area contributed by atoms with E-state index in [1.807, 2.05) is 66.7 Å². The van der Waals surface area contributed by atoms with Gasteiger partial charge >= 0.3 is 0 Å². The average Bonchev–Trinajstić information content (AvgIpc) is 3.12. The first-order valence-corrected chi connectivity index (χ1v) is 8.60. The number of fused-ring (bicyclic) bond motifs is 1. The maximum absolute atomic E-state index is 12.3. The minimum Gasteiger partial charge on any atom is -0.497 e. The van der Waals surface area contributed by atoms with Crippen LogP contribution in [0.2, 0.25) is 0 Å². The lowest BCUT2D eigenvalue weighted by molar-refractivity contribution is -0.115. The number of amides is 1. The standard InChI is InChI=1S/C22H18N2O3/c1-26-18-10-7-15(8-11-18)13-21(25)23-17-9-12-19-20(14-17)27-22(24-19)16-5-3-2-4-6-16/h2-12,14H,13H2,1H3,(H,23,25). The van der Waals surface area contributed by atoms with E-state index in [9.17, 15) is 4.79 Å². The SMILES string of the molecule is COc1ccc(CC(=O)Nc2ccc3nc(-c4ccccc4)oc3c2)cc1. The van der Waals surface area contributed by atoms with Crippen LogP contribution in [0.25, 0.3) is 22.6 Å². The molecule has 5 nitrogen and oxygen atoms in total. The Morgan fingerprint density at radius 2 is 1.81 bits per heavy atom. The lowest BCUT2D eigenvalue weighted by Crippen LogP contribution is -2.14. The summed E-state index contributed by atoms with van der Waals surface area (Å²) in [6, 6.07) is 22.6. The number of carbonyl (C=O) groups is 1. The molecule has 0 aliphatic carbocycles. The molecule has 0 saturated heterocycles. The Balaban J connectivity index is 1.49. The summed E-state index contributed by atoms with van der Waals surface area (Å²) < 4.78 is 11.0.